The molecule has 1 amide bonds. The molecule has 1 heterocycles. The molecular weight excluding hydrogens is 287 g/mol. The van der Waals surface area contributed by atoms with Crippen LogP contribution < -0.4 is 0 Å². The highest BCUT2D eigenvalue weighted by Gasteiger charge is 2.42. The Balaban J connectivity index is 2.10. The Labute approximate surface area is 119 Å². The minimum atomic E-state index is -4.30. The van der Waals surface area contributed by atoms with Crippen molar-refractivity contribution in [2.24, 2.45) is 5.92 Å². The topological polar surface area (TPSA) is 57.6 Å². The highest BCUT2D eigenvalue weighted by molar-refractivity contribution is 5.96. The van der Waals surface area contributed by atoms with Crippen LogP contribution in [0.25, 0.3) is 0 Å². The fourth-order valence-corrected chi connectivity index (χ4v) is 2.37. The zero-order chi connectivity index (χ0) is 15.6. The zero-order valence-electron chi connectivity index (χ0n) is 11.1. The molecular formula is C14H14F3NO3. The van der Waals surface area contributed by atoms with Gasteiger partial charge in [0.2, 0.25) is 0 Å². The first-order valence-electron chi connectivity index (χ1n) is 6.48. The number of alkyl halides is 3. The molecule has 21 heavy (non-hydrogen) atoms. The van der Waals surface area contributed by atoms with Crippen molar-refractivity contribution < 1.29 is 27.9 Å². The summed E-state index contributed by atoms with van der Waals surface area (Å²) in [4.78, 5) is 24.1. The average Bonchev–Trinajstić information content (AvgIpc) is 2.46. The Bertz CT molecular complexity index is 539. The molecule has 1 unspecified atom stereocenters. The number of piperidine rings is 1. The maximum absolute atomic E-state index is 12.7. The van der Waals surface area contributed by atoms with Crippen molar-refractivity contribution in [1.82, 2.24) is 4.90 Å². The van der Waals surface area contributed by atoms with Crippen molar-refractivity contribution in [3.8, 4) is 0 Å². The second-order valence-electron chi connectivity index (χ2n) is 5.01. The highest BCUT2D eigenvalue weighted by Crippen LogP contribution is 2.33. The molecule has 1 fully saturated rings. The van der Waals surface area contributed by atoms with Crippen LogP contribution in [0.3, 0.4) is 0 Å². The summed E-state index contributed by atoms with van der Waals surface area (Å²) in [7, 11) is 0. The maximum Gasteiger partial charge on any atom is 0.393 e. The molecule has 1 saturated heterocycles. The number of benzene rings is 1. The Hall–Kier alpha value is -2.05. The molecule has 0 aromatic heterocycles. The molecule has 0 radical (unpaired) electrons. The van der Waals surface area contributed by atoms with E-state index in [1.54, 1.807) is 0 Å². The van der Waals surface area contributed by atoms with E-state index in [0.29, 0.717) is 6.42 Å². The third-order valence-electron chi connectivity index (χ3n) is 3.55. The van der Waals surface area contributed by atoms with Crippen molar-refractivity contribution in [1.29, 1.82) is 0 Å². The Kier molecular flexibility index (Phi) is 4.20. The van der Waals surface area contributed by atoms with E-state index in [4.69, 9.17) is 5.11 Å². The van der Waals surface area contributed by atoms with E-state index in [2.05, 4.69) is 0 Å². The van der Waals surface area contributed by atoms with Gasteiger partial charge in [-0.2, -0.15) is 13.2 Å². The summed E-state index contributed by atoms with van der Waals surface area (Å²) >= 11 is 0. The number of hydrogen-bond donors (Lipinski definition) is 1. The van der Waals surface area contributed by atoms with Crippen molar-refractivity contribution in [2.45, 2.75) is 19.0 Å². The monoisotopic (exact) mass is 301 g/mol. The number of likely N-dealkylation sites (tertiary alicyclic amines) is 1. The van der Waals surface area contributed by atoms with Crippen LogP contribution in [0.1, 0.15) is 33.6 Å². The van der Waals surface area contributed by atoms with Crippen LogP contribution in [0.4, 0.5) is 13.2 Å². The SMILES string of the molecule is O=C(O)c1ccc(C(=O)N2CCCC(C(F)(F)F)C2)cc1. The van der Waals surface area contributed by atoms with Gasteiger partial charge < -0.3 is 10.0 Å². The molecule has 1 aromatic carbocycles. The maximum atomic E-state index is 12.7. The van der Waals surface area contributed by atoms with Crippen LogP contribution in [0.2, 0.25) is 0 Å². The predicted molar refractivity (Wildman–Crippen MR) is 68.1 cm³/mol. The van der Waals surface area contributed by atoms with E-state index in [9.17, 15) is 22.8 Å². The van der Waals surface area contributed by atoms with E-state index in [1.165, 1.54) is 29.2 Å². The number of hydrogen-bond acceptors (Lipinski definition) is 2. The third-order valence-corrected chi connectivity index (χ3v) is 3.55. The summed E-state index contributed by atoms with van der Waals surface area (Å²) in [5.41, 5.74) is 0.223. The molecule has 0 aliphatic carbocycles. The second-order valence-corrected chi connectivity index (χ2v) is 5.01. The molecule has 0 spiro atoms. The van der Waals surface area contributed by atoms with Gasteiger partial charge in [0, 0.05) is 18.7 Å². The first-order valence-corrected chi connectivity index (χ1v) is 6.48. The number of carboxylic acid groups (broad SMARTS) is 1. The molecule has 0 bridgehead atoms. The summed E-state index contributed by atoms with van der Waals surface area (Å²) < 4.78 is 38.2. The largest absolute Gasteiger partial charge is 0.478 e. The number of carboxylic acids is 1. The normalized spacial score (nSPS) is 19.4. The van der Waals surface area contributed by atoms with Gasteiger partial charge in [-0.15, -0.1) is 0 Å². The van der Waals surface area contributed by atoms with Gasteiger partial charge in [-0.05, 0) is 37.1 Å². The number of nitrogens with zero attached hydrogens (tertiary/aromatic N) is 1. The van der Waals surface area contributed by atoms with Crippen molar-refractivity contribution >= 4 is 11.9 Å². The molecule has 1 aliphatic rings. The number of halogens is 3. The lowest BCUT2D eigenvalue weighted by Crippen LogP contribution is -2.44. The molecule has 1 aromatic rings. The number of rotatable bonds is 2. The van der Waals surface area contributed by atoms with Crippen molar-refractivity contribution in [2.75, 3.05) is 13.1 Å². The van der Waals surface area contributed by atoms with Crippen molar-refractivity contribution in [3.63, 3.8) is 0 Å². The average molecular weight is 301 g/mol. The lowest BCUT2D eigenvalue weighted by molar-refractivity contribution is -0.184. The van der Waals surface area contributed by atoms with E-state index in [-0.39, 0.29) is 30.6 Å². The van der Waals surface area contributed by atoms with Crippen LogP contribution in [0.5, 0.6) is 0 Å². The lowest BCUT2D eigenvalue weighted by Gasteiger charge is -2.33. The Morgan fingerprint density at radius 2 is 1.71 bits per heavy atom. The minimum absolute atomic E-state index is 0.0263. The predicted octanol–water partition coefficient (Wildman–Crippen LogP) is 2.80. The van der Waals surface area contributed by atoms with Crippen LogP contribution in [0, 0.1) is 5.92 Å². The molecule has 7 heteroatoms. The summed E-state index contributed by atoms with van der Waals surface area (Å²) in [6, 6.07) is 5.17. The fraction of sp³-hybridized carbons (Fsp3) is 0.429. The molecule has 1 atom stereocenters. The number of aromatic carboxylic acids is 1. The van der Waals surface area contributed by atoms with E-state index in [0.717, 1.165) is 0 Å². The van der Waals surface area contributed by atoms with Crippen LogP contribution in [-0.2, 0) is 0 Å². The van der Waals surface area contributed by atoms with Crippen LogP contribution in [0.15, 0.2) is 24.3 Å². The molecule has 4 nitrogen and oxygen atoms in total. The first kappa shape index (κ1) is 15.3. The van der Waals surface area contributed by atoms with E-state index in [1.807, 2.05) is 0 Å². The first-order chi connectivity index (χ1) is 9.79. The number of carbonyl (C=O) groups excluding carboxylic acids is 1. The van der Waals surface area contributed by atoms with Gasteiger partial charge in [0.25, 0.3) is 5.91 Å². The highest BCUT2D eigenvalue weighted by atomic mass is 19.4. The number of amides is 1. The van der Waals surface area contributed by atoms with Crippen LogP contribution in [-0.4, -0.2) is 41.1 Å². The summed E-state index contributed by atoms with van der Waals surface area (Å²) in [6.45, 7) is -0.0604. The molecule has 2 rings (SSSR count). The minimum Gasteiger partial charge on any atom is -0.478 e. The fourth-order valence-electron chi connectivity index (χ4n) is 2.37. The molecule has 114 valence electrons. The Morgan fingerprint density at radius 1 is 1.14 bits per heavy atom. The molecule has 1 N–H and O–H groups in total. The second kappa shape index (κ2) is 5.75. The van der Waals surface area contributed by atoms with Crippen molar-refractivity contribution in [3.05, 3.63) is 35.4 Å². The van der Waals surface area contributed by atoms with Gasteiger partial charge >= 0.3 is 12.1 Å². The van der Waals surface area contributed by atoms with Gasteiger partial charge in [0.05, 0.1) is 11.5 Å². The summed E-state index contributed by atoms with van der Waals surface area (Å²) in [5, 5.41) is 8.77. The standard InChI is InChI=1S/C14H14F3NO3/c15-14(16,17)11-2-1-7-18(8-11)12(19)9-3-5-10(6-4-9)13(20)21/h3-6,11H,1-2,7-8H2,(H,20,21). The van der Waals surface area contributed by atoms with Gasteiger partial charge in [0.1, 0.15) is 0 Å². The van der Waals surface area contributed by atoms with E-state index >= 15 is 0 Å². The van der Waals surface area contributed by atoms with Gasteiger partial charge in [-0.25, -0.2) is 4.79 Å². The van der Waals surface area contributed by atoms with Crippen LogP contribution >= 0.6 is 0 Å². The van der Waals surface area contributed by atoms with Gasteiger partial charge in [-0.3, -0.25) is 4.79 Å². The van der Waals surface area contributed by atoms with Gasteiger partial charge in [0.15, 0.2) is 0 Å². The summed E-state index contributed by atoms with van der Waals surface area (Å²) in [6.07, 6.45) is -3.96. The molecule has 1 aliphatic heterocycles. The Morgan fingerprint density at radius 3 is 2.24 bits per heavy atom. The zero-order valence-corrected chi connectivity index (χ0v) is 11.1. The van der Waals surface area contributed by atoms with Gasteiger partial charge in [-0.1, -0.05) is 0 Å². The quantitative estimate of drug-likeness (QED) is 0.914. The third kappa shape index (κ3) is 3.53. The smallest absolute Gasteiger partial charge is 0.393 e. The number of carbonyl (C=O) groups is 2. The molecule has 0 saturated carbocycles. The summed E-state index contributed by atoms with van der Waals surface area (Å²) in [5.74, 6) is -3.11. The lowest BCUT2D eigenvalue weighted by atomic mass is 9.97. The van der Waals surface area contributed by atoms with E-state index < -0.39 is 24.0 Å².